The molecule has 0 saturated carbocycles. The third-order valence-electron chi connectivity index (χ3n) is 0.940. The van der Waals surface area contributed by atoms with Crippen molar-refractivity contribution in [1.29, 1.82) is 0 Å². The van der Waals surface area contributed by atoms with Gasteiger partial charge in [0.1, 0.15) is 0 Å². The van der Waals surface area contributed by atoms with Gasteiger partial charge in [-0.1, -0.05) is 35.9 Å². The zero-order chi connectivity index (χ0) is 5.11. The van der Waals surface area contributed by atoms with E-state index in [1.165, 1.54) is 5.56 Å². The Kier molecular flexibility index (Phi) is 24.0. The molecule has 0 bridgehead atoms. The van der Waals surface area contributed by atoms with Gasteiger partial charge in [0.25, 0.3) is 0 Å². The van der Waals surface area contributed by atoms with Gasteiger partial charge in [-0.05, 0) is 6.92 Å². The van der Waals surface area contributed by atoms with Crippen LogP contribution in [0.5, 0.6) is 0 Å². The molecule has 0 radical (unpaired) electrons. The van der Waals surface area contributed by atoms with Crippen molar-refractivity contribution in [2.45, 2.75) is 6.92 Å². The molecule has 0 heterocycles. The molecular formula is C7H12F4. The largest absolute Gasteiger partial charge is 0.269 e. The van der Waals surface area contributed by atoms with Crippen LogP contribution in [0.2, 0.25) is 0 Å². The first-order valence-electron chi connectivity index (χ1n) is 2.41. The van der Waals surface area contributed by atoms with Crippen molar-refractivity contribution in [3.05, 3.63) is 35.9 Å². The summed E-state index contributed by atoms with van der Waals surface area (Å²) in [6.45, 7) is 2.08. The Morgan fingerprint density at radius 3 is 1.27 bits per heavy atom. The smallest absolute Gasteiger partial charge is 0.0398 e. The predicted octanol–water partition coefficient (Wildman–Crippen LogP) is 2.61. The third-order valence-corrected chi connectivity index (χ3v) is 0.940. The van der Waals surface area contributed by atoms with Crippen LogP contribution < -0.4 is 0 Å². The van der Waals surface area contributed by atoms with Crippen LogP contribution in [-0.4, -0.2) is 0 Å². The molecule has 0 fully saturated rings. The van der Waals surface area contributed by atoms with E-state index in [0.29, 0.717) is 0 Å². The Labute approximate surface area is 62.7 Å². The zero-order valence-electron chi connectivity index (χ0n) is 6.02. The van der Waals surface area contributed by atoms with Crippen molar-refractivity contribution in [3.63, 3.8) is 0 Å². The molecule has 0 aliphatic rings. The summed E-state index contributed by atoms with van der Waals surface area (Å²) in [5, 5.41) is 0. The molecule has 1 rings (SSSR count). The fourth-order valence-electron chi connectivity index (χ4n) is 0.534. The number of aryl methyl sites for hydroxylation is 1. The second-order valence-electron chi connectivity index (χ2n) is 1.65. The van der Waals surface area contributed by atoms with E-state index in [0.717, 1.165) is 0 Å². The summed E-state index contributed by atoms with van der Waals surface area (Å²) in [4.78, 5) is 0. The summed E-state index contributed by atoms with van der Waals surface area (Å²) in [5.74, 6) is 0. The van der Waals surface area contributed by atoms with Gasteiger partial charge >= 0.3 is 0 Å². The highest BCUT2D eigenvalue weighted by molar-refractivity contribution is 5.11. The van der Waals surface area contributed by atoms with Gasteiger partial charge in [-0.3, -0.25) is 18.8 Å². The van der Waals surface area contributed by atoms with Gasteiger partial charge in [0, 0.05) is 0 Å². The molecule has 0 aliphatic carbocycles. The highest BCUT2D eigenvalue weighted by atomic mass is 19.0. The molecule has 1 aromatic carbocycles. The minimum atomic E-state index is 0. The summed E-state index contributed by atoms with van der Waals surface area (Å²) in [6.07, 6.45) is 0. The van der Waals surface area contributed by atoms with Crippen LogP contribution in [0.4, 0.5) is 18.8 Å². The molecule has 0 aromatic heterocycles. The molecule has 11 heavy (non-hydrogen) atoms. The van der Waals surface area contributed by atoms with Crippen LogP contribution >= 0.6 is 0 Å². The molecule has 1 aromatic rings. The van der Waals surface area contributed by atoms with Gasteiger partial charge < -0.3 is 0 Å². The maximum Gasteiger partial charge on any atom is -0.0398 e. The van der Waals surface area contributed by atoms with Crippen LogP contribution in [0, 0.1) is 6.92 Å². The van der Waals surface area contributed by atoms with Crippen molar-refractivity contribution in [3.8, 4) is 0 Å². The Bertz CT molecular complexity index is 140. The van der Waals surface area contributed by atoms with Gasteiger partial charge in [-0.25, -0.2) is 0 Å². The molecule has 0 nitrogen and oxygen atoms in total. The number of benzene rings is 1. The van der Waals surface area contributed by atoms with Gasteiger partial charge in [-0.15, -0.1) is 0 Å². The van der Waals surface area contributed by atoms with E-state index in [-0.39, 0.29) is 18.8 Å². The molecule has 0 N–H and O–H groups in total. The second-order valence-corrected chi connectivity index (χ2v) is 1.65. The van der Waals surface area contributed by atoms with Gasteiger partial charge in [0.15, 0.2) is 0 Å². The quantitative estimate of drug-likeness (QED) is 0.527. The number of hydrogen-bond acceptors (Lipinski definition) is 0. The Balaban J connectivity index is -0.0000000612. The van der Waals surface area contributed by atoms with Gasteiger partial charge in [-0.2, -0.15) is 0 Å². The van der Waals surface area contributed by atoms with E-state index in [9.17, 15) is 0 Å². The minimum Gasteiger partial charge on any atom is -0.269 e. The fourth-order valence-corrected chi connectivity index (χ4v) is 0.534. The zero-order valence-corrected chi connectivity index (χ0v) is 6.02. The van der Waals surface area contributed by atoms with Crippen molar-refractivity contribution < 1.29 is 18.8 Å². The monoisotopic (exact) mass is 172 g/mol. The summed E-state index contributed by atoms with van der Waals surface area (Å²) in [7, 11) is 0. The van der Waals surface area contributed by atoms with E-state index in [1.54, 1.807) is 0 Å². The summed E-state index contributed by atoms with van der Waals surface area (Å²) < 4.78 is 0. The average molecular weight is 172 g/mol. The number of rotatable bonds is 0. The molecule has 0 aliphatic heterocycles. The Hall–Kier alpha value is -1.06. The molecule has 0 spiro atoms. The van der Waals surface area contributed by atoms with E-state index in [2.05, 4.69) is 19.1 Å². The lowest BCUT2D eigenvalue weighted by atomic mass is 10.2. The van der Waals surface area contributed by atoms with E-state index < -0.39 is 0 Å². The topological polar surface area (TPSA) is 0 Å². The van der Waals surface area contributed by atoms with Crippen LogP contribution in [0.3, 0.4) is 0 Å². The molecule has 68 valence electrons. The van der Waals surface area contributed by atoms with E-state index >= 15 is 0 Å². The van der Waals surface area contributed by atoms with Crippen LogP contribution in [-0.2, 0) is 0 Å². The van der Waals surface area contributed by atoms with E-state index in [4.69, 9.17) is 0 Å². The standard InChI is InChI=1S/C7H8.4FH/c1-7-5-3-2-4-6-7;;;;/h2-6H,1H3;4*1H. The summed E-state index contributed by atoms with van der Waals surface area (Å²) in [5.41, 5.74) is 1.32. The fraction of sp³-hybridized carbons (Fsp3) is 0.143. The molecule has 0 amide bonds. The number of halogens is 4. The molecule has 0 unspecified atom stereocenters. The Morgan fingerprint density at radius 2 is 1.09 bits per heavy atom. The SMILES string of the molecule is Cc1ccccc1.F.F.F.F. The lowest BCUT2D eigenvalue weighted by Gasteiger charge is -1.82. The second kappa shape index (κ2) is 11.7. The van der Waals surface area contributed by atoms with Crippen molar-refractivity contribution in [2.24, 2.45) is 0 Å². The van der Waals surface area contributed by atoms with E-state index in [1.807, 2.05) is 18.2 Å². The van der Waals surface area contributed by atoms with Crippen LogP contribution in [0.15, 0.2) is 30.3 Å². The van der Waals surface area contributed by atoms with Crippen LogP contribution in [0.25, 0.3) is 0 Å². The normalized spacial score (nSPS) is 5.55. The first kappa shape index (κ1) is 22.5. The van der Waals surface area contributed by atoms with Crippen LogP contribution in [0.1, 0.15) is 5.56 Å². The third kappa shape index (κ3) is 8.94. The maximum atomic E-state index is 2.08. The first-order chi connectivity index (χ1) is 3.39. The number of hydrogen-bond donors (Lipinski definition) is 0. The maximum absolute atomic E-state index is 2.08. The Morgan fingerprint density at radius 1 is 0.727 bits per heavy atom. The molecule has 0 saturated heterocycles. The summed E-state index contributed by atoms with van der Waals surface area (Å²) >= 11 is 0. The highest BCUT2D eigenvalue weighted by Crippen LogP contribution is 1.92. The predicted molar refractivity (Wildman–Crippen MR) is 41.2 cm³/mol. The van der Waals surface area contributed by atoms with Crippen molar-refractivity contribution in [2.75, 3.05) is 0 Å². The van der Waals surface area contributed by atoms with Gasteiger partial charge in [0.05, 0.1) is 0 Å². The molecule has 0 atom stereocenters. The molecular weight excluding hydrogens is 160 g/mol. The lowest BCUT2D eigenvalue weighted by Crippen LogP contribution is -1.62. The first-order valence-corrected chi connectivity index (χ1v) is 2.41. The average Bonchev–Trinajstić information content (AvgIpc) is 1.69. The van der Waals surface area contributed by atoms with Gasteiger partial charge in [0.2, 0.25) is 0 Å². The van der Waals surface area contributed by atoms with Crippen molar-refractivity contribution >= 4 is 0 Å². The lowest BCUT2D eigenvalue weighted by molar-refractivity contribution is 1.11. The summed E-state index contributed by atoms with van der Waals surface area (Å²) in [6, 6.07) is 10.3. The van der Waals surface area contributed by atoms with Crippen molar-refractivity contribution in [1.82, 2.24) is 0 Å². The highest BCUT2D eigenvalue weighted by Gasteiger charge is 1.72. The minimum absolute atomic E-state index is 0. The molecule has 4 heteroatoms.